The quantitative estimate of drug-likeness (QED) is 0.382. The lowest BCUT2D eigenvalue weighted by Gasteiger charge is -2.09. The zero-order valence-corrected chi connectivity index (χ0v) is 17.7. The van der Waals surface area contributed by atoms with Gasteiger partial charge in [0.15, 0.2) is 5.16 Å². The van der Waals surface area contributed by atoms with Crippen LogP contribution < -0.4 is 5.32 Å². The molecular formula is C24H22N4O2S. The van der Waals surface area contributed by atoms with Crippen molar-refractivity contribution < 1.29 is 9.21 Å². The Morgan fingerprint density at radius 1 is 1.03 bits per heavy atom. The van der Waals surface area contributed by atoms with Gasteiger partial charge < -0.3 is 9.73 Å². The molecule has 1 fully saturated rings. The topological polar surface area (TPSA) is 73.0 Å². The minimum atomic E-state index is -0.113. The molecule has 2 heterocycles. The number of aromatic nitrogens is 3. The molecule has 1 saturated carbocycles. The summed E-state index contributed by atoms with van der Waals surface area (Å²) in [5.41, 5.74) is 2.55. The zero-order chi connectivity index (χ0) is 21.0. The van der Waals surface area contributed by atoms with Gasteiger partial charge in [-0.05, 0) is 54.8 Å². The molecule has 6 nitrogen and oxygen atoms in total. The van der Waals surface area contributed by atoms with E-state index in [9.17, 15) is 4.79 Å². The van der Waals surface area contributed by atoms with E-state index in [0.29, 0.717) is 18.0 Å². The average Bonchev–Trinajstić information content (AvgIpc) is 3.36. The highest BCUT2D eigenvalue weighted by Gasteiger charge is 2.30. The van der Waals surface area contributed by atoms with E-state index in [1.807, 2.05) is 66.7 Å². The molecule has 156 valence electrons. The SMILES string of the molecule is O=C(Nc1ccccc1)c1ccc(CSc2nnc(C3CC3)n2Cc2ccco2)cc1. The van der Waals surface area contributed by atoms with Crippen molar-refractivity contribution in [3.05, 3.63) is 95.7 Å². The standard InChI is InChI=1S/C24H22N4O2S/c29-23(25-20-5-2-1-3-6-20)19-10-8-17(9-11-19)16-31-24-27-26-22(18-12-13-18)28(24)15-21-7-4-14-30-21/h1-11,14,18H,12-13,15-16H2,(H,25,29). The summed E-state index contributed by atoms with van der Waals surface area (Å²) < 4.78 is 7.70. The first kappa shape index (κ1) is 19.6. The number of para-hydroxylation sites is 1. The number of hydrogen-bond donors (Lipinski definition) is 1. The molecule has 1 N–H and O–H groups in total. The number of nitrogens with zero attached hydrogens (tertiary/aromatic N) is 3. The molecular weight excluding hydrogens is 408 g/mol. The van der Waals surface area contributed by atoms with Crippen LogP contribution in [0.1, 0.15) is 46.3 Å². The molecule has 5 rings (SSSR count). The number of thioether (sulfide) groups is 1. The molecule has 2 aromatic carbocycles. The van der Waals surface area contributed by atoms with E-state index in [2.05, 4.69) is 20.1 Å². The molecule has 31 heavy (non-hydrogen) atoms. The van der Waals surface area contributed by atoms with Gasteiger partial charge in [0.05, 0.1) is 12.8 Å². The number of anilines is 1. The number of amides is 1. The van der Waals surface area contributed by atoms with Gasteiger partial charge in [0.2, 0.25) is 0 Å². The van der Waals surface area contributed by atoms with Gasteiger partial charge in [0.25, 0.3) is 5.91 Å². The van der Waals surface area contributed by atoms with E-state index in [-0.39, 0.29) is 5.91 Å². The minimum absolute atomic E-state index is 0.113. The Morgan fingerprint density at radius 2 is 1.84 bits per heavy atom. The van der Waals surface area contributed by atoms with Gasteiger partial charge in [-0.1, -0.05) is 42.1 Å². The van der Waals surface area contributed by atoms with Crippen molar-refractivity contribution in [1.29, 1.82) is 0 Å². The minimum Gasteiger partial charge on any atom is -0.467 e. The summed E-state index contributed by atoms with van der Waals surface area (Å²) in [6.07, 6.45) is 4.04. The van der Waals surface area contributed by atoms with Crippen molar-refractivity contribution in [3.63, 3.8) is 0 Å². The normalized spacial score (nSPS) is 13.3. The second-order valence-electron chi connectivity index (χ2n) is 7.59. The highest BCUT2D eigenvalue weighted by atomic mass is 32.2. The third-order valence-electron chi connectivity index (χ3n) is 5.20. The van der Waals surface area contributed by atoms with E-state index in [1.165, 1.54) is 12.8 Å². The van der Waals surface area contributed by atoms with Gasteiger partial charge in [0.1, 0.15) is 11.6 Å². The Balaban J connectivity index is 1.24. The lowest BCUT2D eigenvalue weighted by Crippen LogP contribution is -2.11. The number of carbonyl (C=O) groups excluding carboxylic acids is 1. The highest BCUT2D eigenvalue weighted by molar-refractivity contribution is 7.98. The van der Waals surface area contributed by atoms with Crippen LogP contribution in [0.5, 0.6) is 0 Å². The van der Waals surface area contributed by atoms with Crippen LogP contribution in [0.25, 0.3) is 0 Å². The average molecular weight is 431 g/mol. The largest absolute Gasteiger partial charge is 0.467 e. The maximum absolute atomic E-state index is 12.4. The van der Waals surface area contributed by atoms with E-state index < -0.39 is 0 Å². The molecule has 4 aromatic rings. The maximum Gasteiger partial charge on any atom is 0.255 e. The van der Waals surface area contributed by atoms with Crippen LogP contribution >= 0.6 is 11.8 Å². The second-order valence-corrected chi connectivity index (χ2v) is 8.53. The van der Waals surface area contributed by atoms with Crippen LogP contribution in [0.2, 0.25) is 0 Å². The highest BCUT2D eigenvalue weighted by Crippen LogP contribution is 2.40. The molecule has 0 bridgehead atoms. The first-order valence-electron chi connectivity index (χ1n) is 10.3. The van der Waals surface area contributed by atoms with Crippen molar-refractivity contribution in [2.24, 2.45) is 0 Å². The third kappa shape index (κ3) is 4.72. The zero-order valence-electron chi connectivity index (χ0n) is 16.9. The number of furan rings is 1. The fourth-order valence-corrected chi connectivity index (χ4v) is 4.28. The van der Waals surface area contributed by atoms with E-state index in [0.717, 1.165) is 33.7 Å². The molecule has 1 aliphatic carbocycles. The lowest BCUT2D eigenvalue weighted by molar-refractivity contribution is 0.102. The van der Waals surface area contributed by atoms with Crippen molar-refractivity contribution >= 4 is 23.4 Å². The summed E-state index contributed by atoms with van der Waals surface area (Å²) in [7, 11) is 0. The molecule has 0 radical (unpaired) electrons. The molecule has 1 amide bonds. The van der Waals surface area contributed by atoms with Crippen LogP contribution in [0.15, 0.2) is 82.6 Å². The number of hydrogen-bond acceptors (Lipinski definition) is 5. The van der Waals surface area contributed by atoms with Gasteiger partial charge >= 0.3 is 0 Å². The monoisotopic (exact) mass is 430 g/mol. The van der Waals surface area contributed by atoms with Crippen LogP contribution in [-0.2, 0) is 12.3 Å². The van der Waals surface area contributed by atoms with Crippen LogP contribution in [-0.4, -0.2) is 20.7 Å². The summed E-state index contributed by atoms with van der Waals surface area (Å²) in [6, 6.07) is 21.0. The molecule has 1 aliphatic rings. The molecule has 2 aromatic heterocycles. The van der Waals surface area contributed by atoms with Crippen molar-refractivity contribution in [1.82, 2.24) is 14.8 Å². The Labute approximate surface area is 184 Å². The van der Waals surface area contributed by atoms with Crippen LogP contribution in [0.3, 0.4) is 0 Å². The Bertz CT molecular complexity index is 1150. The summed E-state index contributed by atoms with van der Waals surface area (Å²) in [6.45, 7) is 0.646. The Morgan fingerprint density at radius 3 is 2.55 bits per heavy atom. The van der Waals surface area contributed by atoms with E-state index >= 15 is 0 Å². The first-order valence-corrected chi connectivity index (χ1v) is 11.3. The summed E-state index contributed by atoms with van der Waals surface area (Å²) in [5.74, 6) is 3.10. The lowest BCUT2D eigenvalue weighted by atomic mass is 10.1. The maximum atomic E-state index is 12.4. The van der Waals surface area contributed by atoms with Crippen molar-refractivity contribution in [2.75, 3.05) is 5.32 Å². The first-order chi connectivity index (χ1) is 15.3. The molecule has 0 saturated heterocycles. The van der Waals surface area contributed by atoms with Crippen LogP contribution in [0.4, 0.5) is 5.69 Å². The third-order valence-corrected chi connectivity index (χ3v) is 6.24. The number of benzene rings is 2. The number of nitrogens with one attached hydrogen (secondary N) is 1. The van der Waals surface area contributed by atoms with E-state index in [4.69, 9.17) is 4.42 Å². The van der Waals surface area contributed by atoms with Gasteiger partial charge in [-0.2, -0.15) is 0 Å². The van der Waals surface area contributed by atoms with Gasteiger partial charge in [-0.25, -0.2) is 0 Å². The summed E-state index contributed by atoms with van der Waals surface area (Å²) in [5, 5.41) is 12.7. The fraction of sp³-hybridized carbons (Fsp3) is 0.208. The molecule has 0 atom stereocenters. The van der Waals surface area contributed by atoms with Gasteiger partial charge in [0, 0.05) is 22.9 Å². The molecule has 0 spiro atoms. The predicted octanol–water partition coefficient (Wildman–Crippen LogP) is 5.34. The summed E-state index contributed by atoms with van der Waals surface area (Å²) in [4.78, 5) is 12.4. The number of rotatable bonds is 8. The van der Waals surface area contributed by atoms with Gasteiger partial charge in [-0.3, -0.25) is 9.36 Å². The van der Waals surface area contributed by atoms with Gasteiger partial charge in [-0.15, -0.1) is 10.2 Å². The Hall–Kier alpha value is -3.32. The molecule has 0 unspecified atom stereocenters. The Kier molecular flexibility index (Phi) is 5.58. The molecule has 7 heteroatoms. The van der Waals surface area contributed by atoms with Crippen LogP contribution in [0, 0.1) is 0 Å². The fourth-order valence-electron chi connectivity index (χ4n) is 3.38. The van der Waals surface area contributed by atoms with E-state index in [1.54, 1.807) is 18.0 Å². The number of carbonyl (C=O) groups is 1. The smallest absolute Gasteiger partial charge is 0.255 e. The van der Waals surface area contributed by atoms with Crippen molar-refractivity contribution in [2.45, 2.75) is 36.2 Å². The van der Waals surface area contributed by atoms with Crippen molar-refractivity contribution in [3.8, 4) is 0 Å². The molecule has 0 aliphatic heterocycles. The second kappa shape index (κ2) is 8.81. The summed E-state index contributed by atoms with van der Waals surface area (Å²) >= 11 is 1.65. The predicted molar refractivity (Wildman–Crippen MR) is 120 cm³/mol.